The second-order valence-electron chi connectivity index (χ2n) is 4.05. The lowest BCUT2D eigenvalue weighted by atomic mass is 10.0. The lowest BCUT2D eigenvalue weighted by Gasteiger charge is -2.06. The Bertz CT molecular complexity index is 369. The summed E-state index contributed by atoms with van der Waals surface area (Å²) in [6.45, 7) is 0. The van der Waals surface area contributed by atoms with Gasteiger partial charge in [0.15, 0.2) is 5.13 Å². The van der Waals surface area contributed by atoms with Gasteiger partial charge in [0.25, 0.3) is 5.91 Å². The third-order valence-corrected chi connectivity index (χ3v) is 3.84. The molecule has 0 radical (unpaired) electrons. The van der Waals surface area contributed by atoms with Crippen molar-refractivity contribution < 1.29 is 4.79 Å². The lowest BCUT2D eigenvalue weighted by Crippen LogP contribution is -2.13. The molecular weight excluding hydrogens is 210 g/mol. The van der Waals surface area contributed by atoms with Crippen LogP contribution in [-0.4, -0.2) is 10.9 Å². The average Bonchev–Trinajstić information content (AvgIpc) is 2.75. The van der Waals surface area contributed by atoms with E-state index in [0.29, 0.717) is 15.9 Å². The molecule has 1 aromatic heterocycles. The van der Waals surface area contributed by atoms with Gasteiger partial charge >= 0.3 is 0 Å². The van der Waals surface area contributed by atoms with Gasteiger partial charge in [0.1, 0.15) is 4.88 Å². The third-order valence-electron chi connectivity index (χ3n) is 2.89. The number of carbonyl (C=O) groups excluding carboxylic acids is 1. The fraction of sp³-hybridized carbons (Fsp3) is 0.600. The summed E-state index contributed by atoms with van der Waals surface area (Å²) in [7, 11) is 0. The molecule has 82 valence electrons. The van der Waals surface area contributed by atoms with Gasteiger partial charge < -0.3 is 11.5 Å². The maximum atomic E-state index is 11.1. The highest BCUT2D eigenvalue weighted by Gasteiger charge is 2.21. The molecule has 0 aromatic carbocycles. The molecule has 0 saturated heterocycles. The smallest absolute Gasteiger partial charge is 0.260 e. The summed E-state index contributed by atoms with van der Waals surface area (Å²) in [5.74, 6) is 0.252. The Hall–Kier alpha value is -1.10. The standard InChI is InChI=1S/C10H15N3OS/c11-9(14)8-7(13-10(12)15-8)5-6-3-1-2-4-6/h6H,1-5H2,(H2,11,14)(H2,12,13). The molecule has 1 aliphatic carbocycles. The number of anilines is 1. The van der Waals surface area contributed by atoms with E-state index >= 15 is 0 Å². The van der Waals surface area contributed by atoms with Crippen LogP contribution in [0.4, 0.5) is 5.13 Å². The largest absolute Gasteiger partial charge is 0.375 e. The fourth-order valence-corrected chi connectivity index (χ4v) is 2.90. The van der Waals surface area contributed by atoms with Crippen molar-refractivity contribution in [1.29, 1.82) is 0 Å². The molecule has 0 unspecified atom stereocenters. The molecule has 1 fully saturated rings. The molecule has 0 atom stereocenters. The van der Waals surface area contributed by atoms with Crippen LogP contribution in [0.2, 0.25) is 0 Å². The van der Waals surface area contributed by atoms with Crippen LogP contribution in [0.15, 0.2) is 0 Å². The number of hydrogen-bond donors (Lipinski definition) is 2. The van der Waals surface area contributed by atoms with Gasteiger partial charge in [-0.05, 0) is 12.3 Å². The summed E-state index contributed by atoms with van der Waals surface area (Å²) in [5.41, 5.74) is 11.7. The summed E-state index contributed by atoms with van der Waals surface area (Å²) in [6.07, 6.45) is 5.89. The van der Waals surface area contributed by atoms with Crippen molar-refractivity contribution in [2.75, 3.05) is 5.73 Å². The summed E-state index contributed by atoms with van der Waals surface area (Å²) >= 11 is 1.20. The Morgan fingerprint density at radius 1 is 1.47 bits per heavy atom. The van der Waals surface area contributed by atoms with E-state index in [-0.39, 0.29) is 0 Å². The van der Waals surface area contributed by atoms with Crippen molar-refractivity contribution in [1.82, 2.24) is 4.98 Å². The van der Waals surface area contributed by atoms with E-state index in [2.05, 4.69) is 4.98 Å². The van der Waals surface area contributed by atoms with Crippen LogP contribution in [0.5, 0.6) is 0 Å². The first kappa shape index (κ1) is 10.4. The Kier molecular flexibility index (Phi) is 2.90. The Labute approximate surface area is 92.7 Å². The van der Waals surface area contributed by atoms with Crippen molar-refractivity contribution >= 4 is 22.4 Å². The van der Waals surface area contributed by atoms with Crippen LogP contribution in [0, 0.1) is 5.92 Å². The number of carbonyl (C=O) groups is 1. The normalized spacial score (nSPS) is 17.1. The molecule has 2 rings (SSSR count). The fourth-order valence-electron chi connectivity index (χ4n) is 2.19. The molecule has 15 heavy (non-hydrogen) atoms. The number of nitrogens with two attached hydrogens (primary N) is 2. The number of thiazole rings is 1. The molecule has 1 aromatic rings. The van der Waals surface area contributed by atoms with Crippen molar-refractivity contribution in [3.05, 3.63) is 10.6 Å². The van der Waals surface area contributed by atoms with E-state index in [4.69, 9.17) is 11.5 Å². The molecule has 0 bridgehead atoms. The molecule has 5 heteroatoms. The first-order chi connectivity index (χ1) is 7.16. The van der Waals surface area contributed by atoms with Gasteiger partial charge in [-0.15, -0.1) is 0 Å². The van der Waals surface area contributed by atoms with Crippen LogP contribution in [0.25, 0.3) is 0 Å². The number of aromatic nitrogens is 1. The van der Waals surface area contributed by atoms with Gasteiger partial charge in [-0.3, -0.25) is 4.79 Å². The molecule has 0 aliphatic heterocycles. The molecule has 1 heterocycles. The summed E-state index contributed by atoms with van der Waals surface area (Å²) < 4.78 is 0. The monoisotopic (exact) mass is 225 g/mol. The van der Waals surface area contributed by atoms with Crippen LogP contribution in [-0.2, 0) is 6.42 Å². The first-order valence-corrected chi connectivity index (χ1v) is 6.03. The van der Waals surface area contributed by atoms with Gasteiger partial charge in [0, 0.05) is 0 Å². The topological polar surface area (TPSA) is 82.0 Å². The maximum Gasteiger partial charge on any atom is 0.260 e. The Morgan fingerprint density at radius 3 is 2.73 bits per heavy atom. The predicted octanol–water partition coefficient (Wildman–Crippen LogP) is 1.56. The quantitative estimate of drug-likeness (QED) is 0.819. The third kappa shape index (κ3) is 2.28. The van der Waals surface area contributed by atoms with E-state index in [0.717, 1.165) is 12.1 Å². The summed E-state index contributed by atoms with van der Waals surface area (Å²) in [5, 5.41) is 0.441. The van der Waals surface area contributed by atoms with E-state index in [1.165, 1.54) is 37.0 Å². The molecule has 4 nitrogen and oxygen atoms in total. The van der Waals surface area contributed by atoms with Gasteiger partial charge in [-0.1, -0.05) is 37.0 Å². The molecule has 1 saturated carbocycles. The van der Waals surface area contributed by atoms with Crippen LogP contribution in [0.1, 0.15) is 41.0 Å². The maximum absolute atomic E-state index is 11.1. The lowest BCUT2D eigenvalue weighted by molar-refractivity contribution is 0.100. The SMILES string of the molecule is NC(=O)c1sc(N)nc1CC1CCCC1. The number of nitrogens with zero attached hydrogens (tertiary/aromatic N) is 1. The minimum atomic E-state index is -0.405. The van der Waals surface area contributed by atoms with Crippen molar-refractivity contribution in [3.8, 4) is 0 Å². The van der Waals surface area contributed by atoms with Crippen LogP contribution < -0.4 is 11.5 Å². The van der Waals surface area contributed by atoms with Crippen LogP contribution in [0.3, 0.4) is 0 Å². The molecule has 1 amide bonds. The number of amides is 1. The number of hydrogen-bond acceptors (Lipinski definition) is 4. The predicted molar refractivity (Wildman–Crippen MR) is 60.7 cm³/mol. The summed E-state index contributed by atoms with van der Waals surface area (Å²) in [6, 6.07) is 0. The Balaban J connectivity index is 2.15. The first-order valence-electron chi connectivity index (χ1n) is 5.22. The van der Waals surface area contributed by atoms with Gasteiger partial charge in [0.2, 0.25) is 0 Å². The minimum absolute atomic E-state index is 0.405. The number of primary amides is 1. The van der Waals surface area contributed by atoms with E-state index in [9.17, 15) is 4.79 Å². The molecule has 4 N–H and O–H groups in total. The minimum Gasteiger partial charge on any atom is -0.375 e. The van der Waals surface area contributed by atoms with E-state index in [1.807, 2.05) is 0 Å². The highest BCUT2D eigenvalue weighted by atomic mass is 32.1. The number of nitrogen functional groups attached to an aromatic ring is 1. The van der Waals surface area contributed by atoms with Crippen LogP contribution >= 0.6 is 11.3 Å². The highest BCUT2D eigenvalue weighted by molar-refractivity contribution is 7.17. The van der Waals surface area contributed by atoms with Crippen molar-refractivity contribution in [2.45, 2.75) is 32.1 Å². The Morgan fingerprint density at radius 2 is 2.13 bits per heavy atom. The second-order valence-corrected chi connectivity index (χ2v) is 5.08. The zero-order valence-electron chi connectivity index (χ0n) is 8.53. The average molecular weight is 225 g/mol. The second kappa shape index (κ2) is 4.18. The number of rotatable bonds is 3. The van der Waals surface area contributed by atoms with Crippen molar-refractivity contribution in [2.24, 2.45) is 11.7 Å². The van der Waals surface area contributed by atoms with Gasteiger partial charge in [0.05, 0.1) is 5.69 Å². The zero-order chi connectivity index (χ0) is 10.8. The molecule has 0 spiro atoms. The van der Waals surface area contributed by atoms with Gasteiger partial charge in [-0.25, -0.2) is 4.98 Å². The zero-order valence-corrected chi connectivity index (χ0v) is 9.35. The van der Waals surface area contributed by atoms with Crippen molar-refractivity contribution in [3.63, 3.8) is 0 Å². The van der Waals surface area contributed by atoms with E-state index in [1.54, 1.807) is 0 Å². The molecule has 1 aliphatic rings. The highest BCUT2D eigenvalue weighted by Crippen LogP contribution is 2.30. The van der Waals surface area contributed by atoms with E-state index < -0.39 is 5.91 Å². The summed E-state index contributed by atoms with van der Waals surface area (Å²) in [4.78, 5) is 15.9. The molecular formula is C10H15N3OS. The van der Waals surface area contributed by atoms with Gasteiger partial charge in [-0.2, -0.15) is 0 Å².